The van der Waals surface area contributed by atoms with Crippen molar-refractivity contribution in [3.63, 3.8) is 0 Å². The Labute approximate surface area is 87.7 Å². The van der Waals surface area contributed by atoms with E-state index in [1.165, 1.54) is 0 Å². The van der Waals surface area contributed by atoms with Gasteiger partial charge in [-0.1, -0.05) is 25.4 Å². The van der Waals surface area contributed by atoms with Crippen molar-refractivity contribution in [2.75, 3.05) is 0 Å². The van der Waals surface area contributed by atoms with Gasteiger partial charge in [0.05, 0.1) is 6.20 Å². The van der Waals surface area contributed by atoms with Gasteiger partial charge in [-0.15, -0.1) is 0 Å². The fourth-order valence-corrected chi connectivity index (χ4v) is 1.70. The predicted molar refractivity (Wildman–Crippen MR) is 56.5 cm³/mol. The molecule has 74 valence electrons. The van der Waals surface area contributed by atoms with E-state index in [1.807, 2.05) is 12.1 Å². The van der Waals surface area contributed by atoms with Gasteiger partial charge >= 0.3 is 0 Å². The Balaban J connectivity index is 2.47. The molecular weight excluding hydrogens is 198 g/mol. The lowest BCUT2D eigenvalue weighted by Gasteiger charge is -2.05. The zero-order valence-corrected chi connectivity index (χ0v) is 8.99. The maximum atomic E-state index is 6.05. The van der Waals surface area contributed by atoms with Gasteiger partial charge in [0.1, 0.15) is 5.15 Å². The van der Waals surface area contributed by atoms with Gasteiger partial charge in [-0.2, -0.15) is 5.10 Å². The number of hydrogen-bond acceptors (Lipinski definition) is 2. The number of halogens is 1. The van der Waals surface area contributed by atoms with Crippen LogP contribution in [0.15, 0.2) is 18.3 Å². The molecule has 0 aromatic carbocycles. The molecule has 0 bridgehead atoms. The molecule has 0 N–H and O–H groups in total. The molecule has 0 saturated carbocycles. The Kier molecular flexibility index (Phi) is 2.42. The molecule has 0 amide bonds. The van der Waals surface area contributed by atoms with Gasteiger partial charge in [0.15, 0.2) is 5.65 Å². The van der Waals surface area contributed by atoms with Crippen molar-refractivity contribution in [3.05, 3.63) is 29.2 Å². The molecule has 2 aromatic rings. The largest absolute Gasteiger partial charge is 0.233 e. The highest BCUT2D eigenvalue weighted by Gasteiger charge is 2.05. The molecule has 2 rings (SSSR count). The van der Waals surface area contributed by atoms with Crippen molar-refractivity contribution in [1.29, 1.82) is 0 Å². The van der Waals surface area contributed by atoms with Crippen LogP contribution in [0.3, 0.4) is 0 Å². The lowest BCUT2D eigenvalue weighted by atomic mass is 10.1. The molecule has 2 heterocycles. The number of rotatable bonds is 2. The second kappa shape index (κ2) is 3.58. The van der Waals surface area contributed by atoms with Gasteiger partial charge in [-0.25, -0.2) is 9.50 Å². The molecule has 14 heavy (non-hydrogen) atoms. The second-order valence-corrected chi connectivity index (χ2v) is 4.16. The Bertz CT molecular complexity index is 448. The molecule has 0 aliphatic carbocycles. The summed E-state index contributed by atoms with van der Waals surface area (Å²) in [7, 11) is 0. The lowest BCUT2D eigenvalue weighted by molar-refractivity contribution is 0.634. The van der Waals surface area contributed by atoms with Crippen LogP contribution in [0.1, 0.15) is 19.5 Å². The van der Waals surface area contributed by atoms with Crippen LogP contribution in [-0.2, 0) is 6.42 Å². The topological polar surface area (TPSA) is 30.2 Å². The van der Waals surface area contributed by atoms with Gasteiger partial charge < -0.3 is 0 Å². The molecule has 0 fully saturated rings. The van der Waals surface area contributed by atoms with Crippen LogP contribution in [0.5, 0.6) is 0 Å². The standard InChI is InChI=1S/C10H12ClN3/c1-7(2)5-8-6-9(11)14-10(13-8)3-4-12-14/h3-4,6-7H,5H2,1-2H3. The summed E-state index contributed by atoms with van der Waals surface area (Å²) in [6, 6.07) is 3.73. The summed E-state index contributed by atoms with van der Waals surface area (Å²) >= 11 is 6.05. The van der Waals surface area contributed by atoms with Gasteiger partial charge in [0.25, 0.3) is 0 Å². The van der Waals surface area contributed by atoms with Crippen molar-refractivity contribution in [2.24, 2.45) is 5.92 Å². The second-order valence-electron chi connectivity index (χ2n) is 3.77. The quantitative estimate of drug-likeness (QED) is 0.712. The fourth-order valence-electron chi connectivity index (χ4n) is 1.45. The smallest absolute Gasteiger partial charge is 0.156 e. The van der Waals surface area contributed by atoms with E-state index in [0.29, 0.717) is 11.1 Å². The molecular formula is C10H12ClN3. The molecule has 2 aromatic heterocycles. The maximum absolute atomic E-state index is 6.05. The molecule has 0 spiro atoms. The molecule has 4 heteroatoms. The van der Waals surface area contributed by atoms with Crippen LogP contribution in [0, 0.1) is 5.92 Å². The molecule has 0 unspecified atom stereocenters. The third-order valence-corrected chi connectivity index (χ3v) is 2.26. The maximum Gasteiger partial charge on any atom is 0.156 e. The summed E-state index contributed by atoms with van der Waals surface area (Å²) in [6.45, 7) is 4.33. The van der Waals surface area contributed by atoms with Crippen LogP contribution in [0.2, 0.25) is 5.15 Å². The Morgan fingerprint density at radius 1 is 1.50 bits per heavy atom. The number of fused-ring (bicyclic) bond motifs is 1. The van der Waals surface area contributed by atoms with Gasteiger partial charge in [0, 0.05) is 11.8 Å². The summed E-state index contributed by atoms with van der Waals surface area (Å²) in [5.41, 5.74) is 1.84. The van der Waals surface area contributed by atoms with Crippen molar-refractivity contribution < 1.29 is 0 Å². The summed E-state index contributed by atoms with van der Waals surface area (Å²) in [6.07, 6.45) is 2.65. The first-order valence-electron chi connectivity index (χ1n) is 4.66. The highest BCUT2D eigenvalue weighted by Crippen LogP contribution is 2.14. The van der Waals surface area contributed by atoms with Crippen LogP contribution in [0.25, 0.3) is 5.65 Å². The van der Waals surface area contributed by atoms with Gasteiger partial charge in [0.2, 0.25) is 0 Å². The Morgan fingerprint density at radius 3 is 3.00 bits per heavy atom. The first-order valence-corrected chi connectivity index (χ1v) is 5.04. The Hall–Kier alpha value is -1.09. The van der Waals surface area contributed by atoms with Crippen LogP contribution in [-0.4, -0.2) is 14.6 Å². The van der Waals surface area contributed by atoms with E-state index in [2.05, 4.69) is 23.9 Å². The van der Waals surface area contributed by atoms with Gasteiger partial charge in [-0.3, -0.25) is 0 Å². The first-order chi connectivity index (χ1) is 6.66. The average Bonchev–Trinajstić information content (AvgIpc) is 2.50. The molecule has 0 saturated heterocycles. The van der Waals surface area contributed by atoms with E-state index < -0.39 is 0 Å². The summed E-state index contributed by atoms with van der Waals surface area (Å²) in [4.78, 5) is 4.45. The van der Waals surface area contributed by atoms with Crippen molar-refractivity contribution >= 4 is 17.2 Å². The van der Waals surface area contributed by atoms with E-state index in [0.717, 1.165) is 17.8 Å². The van der Waals surface area contributed by atoms with E-state index in [-0.39, 0.29) is 0 Å². The molecule has 0 aliphatic rings. The monoisotopic (exact) mass is 209 g/mol. The van der Waals surface area contributed by atoms with Crippen molar-refractivity contribution in [3.8, 4) is 0 Å². The SMILES string of the molecule is CC(C)Cc1cc(Cl)n2nccc2n1. The molecule has 0 atom stereocenters. The number of aromatic nitrogens is 3. The van der Waals surface area contributed by atoms with E-state index in [4.69, 9.17) is 11.6 Å². The van der Waals surface area contributed by atoms with E-state index >= 15 is 0 Å². The molecule has 0 aliphatic heterocycles. The number of nitrogens with zero attached hydrogens (tertiary/aromatic N) is 3. The van der Waals surface area contributed by atoms with Gasteiger partial charge in [-0.05, 0) is 18.4 Å². The number of hydrogen-bond donors (Lipinski definition) is 0. The van der Waals surface area contributed by atoms with Crippen LogP contribution >= 0.6 is 11.6 Å². The minimum Gasteiger partial charge on any atom is -0.233 e. The minimum absolute atomic E-state index is 0.587. The zero-order chi connectivity index (χ0) is 10.1. The predicted octanol–water partition coefficient (Wildman–Crippen LogP) is 2.58. The van der Waals surface area contributed by atoms with E-state index in [1.54, 1.807) is 10.7 Å². The summed E-state index contributed by atoms with van der Waals surface area (Å²) in [5.74, 6) is 0.587. The fraction of sp³-hybridized carbons (Fsp3) is 0.400. The highest BCUT2D eigenvalue weighted by molar-refractivity contribution is 6.29. The van der Waals surface area contributed by atoms with Crippen LogP contribution in [0.4, 0.5) is 0 Å². The normalized spacial score (nSPS) is 11.4. The molecule has 0 radical (unpaired) electrons. The van der Waals surface area contributed by atoms with E-state index in [9.17, 15) is 0 Å². The van der Waals surface area contributed by atoms with Crippen molar-refractivity contribution in [2.45, 2.75) is 20.3 Å². The zero-order valence-electron chi connectivity index (χ0n) is 8.24. The molecule has 3 nitrogen and oxygen atoms in total. The highest BCUT2D eigenvalue weighted by atomic mass is 35.5. The third kappa shape index (κ3) is 1.73. The average molecular weight is 210 g/mol. The first kappa shape index (κ1) is 9.46. The minimum atomic E-state index is 0.587. The summed E-state index contributed by atoms with van der Waals surface area (Å²) < 4.78 is 1.63. The van der Waals surface area contributed by atoms with Crippen molar-refractivity contribution in [1.82, 2.24) is 14.6 Å². The summed E-state index contributed by atoms with van der Waals surface area (Å²) in [5, 5.41) is 4.68. The lowest BCUT2D eigenvalue weighted by Crippen LogP contribution is -2.01. The van der Waals surface area contributed by atoms with Crippen LogP contribution < -0.4 is 0 Å². The third-order valence-electron chi connectivity index (χ3n) is 1.99. The Morgan fingerprint density at radius 2 is 2.29 bits per heavy atom.